The summed E-state index contributed by atoms with van der Waals surface area (Å²) in [5, 5.41) is 0. The normalized spacial score (nSPS) is 10.5. The third-order valence-electron chi connectivity index (χ3n) is 1.17. The topological polar surface area (TPSA) is 25.8 Å². The van der Waals surface area contributed by atoms with Crippen LogP contribution in [0.25, 0.3) is 11.0 Å². The van der Waals surface area contributed by atoms with E-state index in [1.807, 2.05) is 12.1 Å². The summed E-state index contributed by atoms with van der Waals surface area (Å²) in [6.45, 7) is 0. The van der Waals surface area contributed by atoms with E-state index < -0.39 is 0 Å². The van der Waals surface area contributed by atoms with Gasteiger partial charge < -0.3 is 0 Å². The first-order valence-corrected chi connectivity index (χ1v) is 4.19. The van der Waals surface area contributed by atoms with Crippen molar-refractivity contribution in [3.05, 3.63) is 22.7 Å². The molecule has 0 atom stereocenters. The summed E-state index contributed by atoms with van der Waals surface area (Å²) < 4.78 is 9.02. The molecule has 0 spiro atoms. The molecule has 2 aromatic rings. The van der Waals surface area contributed by atoms with Crippen LogP contribution in [0, 0.1) is 6.07 Å². The van der Waals surface area contributed by atoms with Gasteiger partial charge in [-0.3, -0.25) is 0 Å². The Kier molecular flexibility index (Phi) is 1.43. The summed E-state index contributed by atoms with van der Waals surface area (Å²) in [5.74, 6) is 0. The lowest BCUT2D eigenvalue weighted by Gasteiger charge is -1.85. The second-order valence-corrected chi connectivity index (χ2v) is 3.11. The van der Waals surface area contributed by atoms with Crippen LogP contribution in [0.5, 0.6) is 0 Å². The van der Waals surface area contributed by atoms with E-state index in [1.165, 1.54) is 11.7 Å². The minimum absolute atomic E-state index is 0.888. The largest absolute Gasteiger partial charge is 0.173 e. The molecule has 1 radical (unpaired) electrons. The first kappa shape index (κ1) is 6.24. The van der Waals surface area contributed by atoms with E-state index in [0.717, 1.165) is 15.5 Å². The Hall–Kier alpha value is -0.480. The number of rotatable bonds is 0. The van der Waals surface area contributed by atoms with Crippen LogP contribution in [0.2, 0.25) is 0 Å². The monoisotopic (exact) mass is 213 g/mol. The van der Waals surface area contributed by atoms with Crippen molar-refractivity contribution in [1.29, 1.82) is 0 Å². The molecule has 0 aliphatic rings. The second kappa shape index (κ2) is 2.29. The fourth-order valence-electron chi connectivity index (χ4n) is 0.719. The van der Waals surface area contributed by atoms with Gasteiger partial charge in [0, 0.05) is 0 Å². The van der Waals surface area contributed by atoms with Gasteiger partial charge >= 0.3 is 0 Å². The molecule has 0 saturated heterocycles. The van der Waals surface area contributed by atoms with E-state index >= 15 is 0 Å². The Morgan fingerprint density at radius 1 is 1.50 bits per heavy atom. The Bertz CT molecular complexity index is 357. The smallest absolute Gasteiger partial charge is 0.119 e. The lowest BCUT2D eigenvalue weighted by atomic mass is 10.3. The third-order valence-corrected chi connectivity index (χ3v) is 2.32. The maximum Gasteiger partial charge on any atom is 0.119 e. The molecule has 49 valence electrons. The fourth-order valence-corrected chi connectivity index (χ4v) is 1.80. The van der Waals surface area contributed by atoms with E-state index in [9.17, 15) is 0 Å². The Balaban J connectivity index is 2.95. The zero-order valence-electron chi connectivity index (χ0n) is 4.84. The van der Waals surface area contributed by atoms with Crippen molar-refractivity contribution in [2.24, 2.45) is 0 Å². The standard InChI is InChI=1S/C6H2BrN2S/c7-4-2-1-3-5-6(4)9-10-8-5/h1,3H. The first-order chi connectivity index (χ1) is 4.88. The zero-order valence-corrected chi connectivity index (χ0v) is 7.24. The summed E-state index contributed by atoms with van der Waals surface area (Å²) in [5.41, 5.74) is 1.82. The number of aromatic nitrogens is 2. The number of halogens is 1. The predicted octanol–water partition coefficient (Wildman–Crippen LogP) is 2.25. The molecular weight excluding hydrogens is 212 g/mol. The van der Waals surface area contributed by atoms with Gasteiger partial charge in [-0.25, -0.2) is 0 Å². The van der Waals surface area contributed by atoms with Crippen LogP contribution in [0.1, 0.15) is 0 Å². The zero-order chi connectivity index (χ0) is 6.97. The number of benzene rings is 1. The molecule has 0 aliphatic heterocycles. The molecule has 2 nitrogen and oxygen atoms in total. The molecule has 10 heavy (non-hydrogen) atoms. The number of hydrogen-bond acceptors (Lipinski definition) is 3. The number of hydrogen-bond donors (Lipinski definition) is 0. The van der Waals surface area contributed by atoms with E-state index in [-0.39, 0.29) is 0 Å². The number of fused-ring (bicyclic) bond motifs is 1. The van der Waals surface area contributed by atoms with Gasteiger partial charge in [0.1, 0.15) is 11.0 Å². The summed E-state index contributed by atoms with van der Waals surface area (Å²) in [6.07, 6.45) is 0. The maximum atomic E-state index is 4.07. The van der Waals surface area contributed by atoms with Crippen molar-refractivity contribution in [3.63, 3.8) is 0 Å². The molecule has 1 heterocycles. The van der Waals surface area contributed by atoms with E-state index in [4.69, 9.17) is 0 Å². The Morgan fingerprint density at radius 3 is 3.20 bits per heavy atom. The average molecular weight is 214 g/mol. The molecular formula is C6H2BrN2S. The first-order valence-electron chi connectivity index (χ1n) is 2.66. The molecule has 0 amide bonds. The highest BCUT2D eigenvalue weighted by Crippen LogP contribution is 2.20. The fraction of sp³-hybridized carbons (Fsp3) is 0. The van der Waals surface area contributed by atoms with Crippen molar-refractivity contribution in [3.8, 4) is 0 Å². The van der Waals surface area contributed by atoms with E-state index in [2.05, 4.69) is 30.7 Å². The second-order valence-electron chi connectivity index (χ2n) is 1.79. The highest BCUT2D eigenvalue weighted by Gasteiger charge is 1.99. The lowest BCUT2D eigenvalue weighted by molar-refractivity contribution is 1.60. The van der Waals surface area contributed by atoms with Crippen LogP contribution in [0.3, 0.4) is 0 Å². The van der Waals surface area contributed by atoms with Crippen molar-refractivity contribution in [2.75, 3.05) is 0 Å². The van der Waals surface area contributed by atoms with Crippen LogP contribution in [0.15, 0.2) is 16.6 Å². The molecule has 0 saturated carbocycles. The van der Waals surface area contributed by atoms with Crippen molar-refractivity contribution < 1.29 is 0 Å². The molecule has 0 bridgehead atoms. The van der Waals surface area contributed by atoms with Gasteiger partial charge in [0.2, 0.25) is 0 Å². The van der Waals surface area contributed by atoms with Crippen molar-refractivity contribution in [2.45, 2.75) is 0 Å². The molecule has 1 aromatic carbocycles. The van der Waals surface area contributed by atoms with Crippen LogP contribution in [-0.2, 0) is 0 Å². The van der Waals surface area contributed by atoms with Gasteiger partial charge in [0.05, 0.1) is 16.2 Å². The average Bonchev–Trinajstić information content (AvgIpc) is 2.36. The Morgan fingerprint density at radius 2 is 2.40 bits per heavy atom. The molecule has 1 aromatic heterocycles. The highest BCUT2D eigenvalue weighted by molar-refractivity contribution is 9.10. The van der Waals surface area contributed by atoms with Gasteiger partial charge in [0.15, 0.2) is 0 Å². The molecule has 0 N–H and O–H groups in total. The summed E-state index contributed by atoms with van der Waals surface area (Å²) in [4.78, 5) is 0. The van der Waals surface area contributed by atoms with Gasteiger partial charge in [-0.1, -0.05) is 6.07 Å². The minimum Gasteiger partial charge on any atom is -0.173 e. The molecule has 0 aliphatic carbocycles. The van der Waals surface area contributed by atoms with Crippen LogP contribution < -0.4 is 0 Å². The molecule has 2 rings (SSSR count). The minimum atomic E-state index is 0.888. The molecule has 0 fully saturated rings. The Labute approximate surface area is 70.3 Å². The maximum absolute atomic E-state index is 4.07. The lowest BCUT2D eigenvalue weighted by Crippen LogP contribution is -1.69. The molecule has 4 heteroatoms. The summed E-state index contributed by atoms with van der Waals surface area (Å²) in [6, 6.07) is 6.70. The molecule has 0 unspecified atom stereocenters. The summed E-state index contributed by atoms with van der Waals surface area (Å²) >= 11 is 4.54. The van der Waals surface area contributed by atoms with Gasteiger partial charge in [-0.05, 0) is 28.1 Å². The van der Waals surface area contributed by atoms with Gasteiger partial charge in [-0.15, -0.1) is 0 Å². The quantitative estimate of drug-likeness (QED) is 0.672. The predicted molar refractivity (Wildman–Crippen MR) is 44.0 cm³/mol. The third kappa shape index (κ3) is 0.839. The number of nitrogens with zero attached hydrogens (tertiary/aromatic N) is 2. The van der Waals surface area contributed by atoms with Crippen LogP contribution in [0.4, 0.5) is 0 Å². The van der Waals surface area contributed by atoms with Crippen molar-refractivity contribution >= 4 is 38.7 Å². The summed E-state index contributed by atoms with van der Waals surface area (Å²) in [7, 11) is 0. The van der Waals surface area contributed by atoms with Crippen molar-refractivity contribution in [1.82, 2.24) is 8.75 Å². The van der Waals surface area contributed by atoms with E-state index in [1.54, 1.807) is 0 Å². The van der Waals surface area contributed by atoms with Crippen LogP contribution >= 0.6 is 27.7 Å². The van der Waals surface area contributed by atoms with Gasteiger partial charge in [0.25, 0.3) is 0 Å². The van der Waals surface area contributed by atoms with Gasteiger partial charge in [-0.2, -0.15) is 8.75 Å². The van der Waals surface area contributed by atoms with Crippen LogP contribution in [-0.4, -0.2) is 8.75 Å². The van der Waals surface area contributed by atoms with E-state index in [0.29, 0.717) is 0 Å². The highest BCUT2D eigenvalue weighted by atomic mass is 79.9. The SMILES string of the molecule is Brc1[c]ccc2nsnc12.